The second kappa shape index (κ2) is 6.37. The summed E-state index contributed by atoms with van der Waals surface area (Å²) in [6.45, 7) is 6.64. The number of carbonyl (C=O) groups is 1. The minimum Gasteiger partial charge on any atom is -0.382 e. The molecular weight excluding hydrogens is 218 g/mol. The van der Waals surface area contributed by atoms with Crippen molar-refractivity contribution in [3.8, 4) is 0 Å². The zero-order valence-corrected chi connectivity index (χ0v) is 10.8. The average molecular weight is 237 g/mol. The number of benzene rings is 1. The molecule has 0 bridgehead atoms. The van der Waals surface area contributed by atoms with Gasteiger partial charge in [0.05, 0.1) is 13.2 Å². The molecule has 94 valence electrons. The van der Waals surface area contributed by atoms with Gasteiger partial charge < -0.3 is 4.74 Å². The van der Waals surface area contributed by atoms with Gasteiger partial charge in [-0.1, -0.05) is 17.7 Å². The lowest BCUT2D eigenvalue weighted by Crippen LogP contribution is -2.26. The number of amides is 1. The molecular formula is C13H19NO3. The zero-order chi connectivity index (χ0) is 12.8. The van der Waals surface area contributed by atoms with E-state index in [0.717, 1.165) is 16.7 Å². The fraction of sp³-hybridized carbons (Fsp3) is 0.462. The van der Waals surface area contributed by atoms with Gasteiger partial charge in [-0.05, 0) is 31.9 Å². The number of nitrogens with one attached hydrogen (secondary N) is 1. The summed E-state index contributed by atoms with van der Waals surface area (Å²) in [5.41, 5.74) is 6.15. The Morgan fingerprint density at radius 3 is 2.29 bits per heavy atom. The Labute approximate surface area is 102 Å². The van der Waals surface area contributed by atoms with Gasteiger partial charge in [0.2, 0.25) is 0 Å². The second-order valence-electron chi connectivity index (χ2n) is 4.05. The van der Waals surface area contributed by atoms with Crippen molar-refractivity contribution in [2.45, 2.75) is 20.8 Å². The summed E-state index contributed by atoms with van der Waals surface area (Å²) in [6, 6.07) is 3.97. The van der Waals surface area contributed by atoms with Crippen molar-refractivity contribution in [3.63, 3.8) is 0 Å². The third-order valence-corrected chi connectivity index (χ3v) is 2.46. The summed E-state index contributed by atoms with van der Waals surface area (Å²) in [5, 5.41) is 0. The maximum atomic E-state index is 11.9. The quantitative estimate of drug-likeness (QED) is 0.628. The SMILES string of the molecule is COCCONC(=O)c1c(C)cc(C)cc1C. The first-order valence-corrected chi connectivity index (χ1v) is 5.55. The highest BCUT2D eigenvalue weighted by Gasteiger charge is 2.12. The Kier molecular flexibility index (Phi) is 5.12. The average Bonchev–Trinajstić information content (AvgIpc) is 2.23. The fourth-order valence-electron chi connectivity index (χ4n) is 1.83. The number of aryl methyl sites for hydroxylation is 3. The van der Waals surface area contributed by atoms with Crippen LogP contribution in [0.1, 0.15) is 27.0 Å². The molecule has 0 aliphatic rings. The van der Waals surface area contributed by atoms with Crippen LogP contribution in [0.15, 0.2) is 12.1 Å². The van der Waals surface area contributed by atoms with E-state index in [-0.39, 0.29) is 5.91 Å². The molecule has 1 amide bonds. The van der Waals surface area contributed by atoms with E-state index in [1.165, 1.54) is 0 Å². The van der Waals surface area contributed by atoms with Gasteiger partial charge in [0.1, 0.15) is 0 Å². The molecule has 0 radical (unpaired) electrons. The molecule has 0 aliphatic heterocycles. The Morgan fingerprint density at radius 1 is 1.18 bits per heavy atom. The van der Waals surface area contributed by atoms with Gasteiger partial charge in [0.15, 0.2) is 0 Å². The molecule has 1 aromatic carbocycles. The van der Waals surface area contributed by atoms with Gasteiger partial charge in [-0.3, -0.25) is 9.63 Å². The molecule has 0 fully saturated rings. The molecule has 0 unspecified atom stereocenters. The first kappa shape index (κ1) is 13.7. The van der Waals surface area contributed by atoms with Crippen molar-refractivity contribution in [3.05, 3.63) is 34.4 Å². The van der Waals surface area contributed by atoms with Crippen molar-refractivity contribution in [2.24, 2.45) is 0 Å². The molecule has 0 saturated heterocycles. The number of hydrogen-bond acceptors (Lipinski definition) is 3. The van der Waals surface area contributed by atoms with Crippen LogP contribution >= 0.6 is 0 Å². The summed E-state index contributed by atoms with van der Waals surface area (Å²) in [6.07, 6.45) is 0. The highest BCUT2D eigenvalue weighted by atomic mass is 16.7. The first-order chi connectivity index (χ1) is 8.06. The predicted octanol–water partition coefficient (Wildman–Crippen LogP) is 1.92. The van der Waals surface area contributed by atoms with E-state index in [2.05, 4.69) is 5.48 Å². The lowest BCUT2D eigenvalue weighted by molar-refractivity contribution is 0.00881. The van der Waals surface area contributed by atoms with E-state index in [1.807, 2.05) is 32.9 Å². The topological polar surface area (TPSA) is 47.6 Å². The minimum atomic E-state index is -0.212. The lowest BCUT2D eigenvalue weighted by Gasteiger charge is -2.11. The summed E-state index contributed by atoms with van der Waals surface area (Å²) < 4.78 is 4.82. The molecule has 0 atom stereocenters. The van der Waals surface area contributed by atoms with Crippen LogP contribution < -0.4 is 5.48 Å². The van der Waals surface area contributed by atoms with Crippen LogP contribution in [0.5, 0.6) is 0 Å². The molecule has 1 N–H and O–H groups in total. The van der Waals surface area contributed by atoms with Crippen LogP contribution in [0.2, 0.25) is 0 Å². The first-order valence-electron chi connectivity index (χ1n) is 5.55. The zero-order valence-electron chi connectivity index (χ0n) is 10.8. The highest BCUT2D eigenvalue weighted by Crippen LogP contribution is 2.16. The number of hydrogen-bond donors (Lipinski definition) is 1. The lowest BCUT2D eigenvalue weighted by atomic mass is 9.99. The third kappa shape index (κ3) is 3.84. The third-order valence-electron chi connectivity index (χ3n) is 2.46. The van der Waals surface area contributed by atoms with E-state index in [4.69, 9.17) is 9.57 Å². The maximum absolute atomic E-state index is 11.9. The van der Waals surface area contributed by atoms with E-state index in [1.54, 1.807) is 7.11 Å². The number of methoxy groups -OCH3 is 1. The van der Waals surface area contributed by atoms with Crippen molar-refractivity contribution >= 4 is 5.91 Å². The molecule has 0 heterocycles. The summed E-state index contributed by atoms with van der Waals surface area (Å²) in [4.78, 5) is 16.9. The monoisotopic (exact) mass is 237 g/mol. The molecule has 4 heteroatoms. The smallest absolute Gasteiger partial charge is 0.275 e. The van der Waals surface area contributed by atoms with Crippen molar-refractivity contribution in [1.29, 1.82) is 0 Å². The minimum absolute atomic E-state index is 0.212. The van der Waals surface area contributed by atoms with E-state index < -0.39 is 0 Å². The molecule has 0 saturated carbocycles. The van der Waals surface area contributed by atoms with Crippen molar-refractivity contribution in [2.75, 3.05) is 20.3 Å². The van der Waals surface area contributed by atoms with Gasteiger partial charge in [0, 0.05) is 12.7 Å². The molecule has 0 spiro atoms. The van der Waals surface area contributed by atoms with Crippen molar-refractivity contribution in [1.82, 2.24) is 5.48 Å². The number of ether oxygens (including phenoxy) is 1. The standard InChI is InChI=1S/C13H19NO3/c1-9-7-10(2)12(11(3)8-9)13(15)14-17-6-5-16-4/h7-8H,5-6H2,1-4H3,(H,14,15). The van der Waals surface area contributed by atoms with E-state index in [0.29, 0.717) is 18.8 Å². The number of rotatable bonds is 5. The maximum Gasteiger partial charge on any atom is 0.275 e. The predicted molar refractivity (Wildman–Crippen MR) is 65.9 cm³/mol. The van der Waals surface area contributed by atoms with Gasteiger partial charge in [0.25, 0.3) is 5.91 Å². The van der Waals surface area contributed by atoms with Crippen LogP contribution in [-0.2, 0) is 9.57 Å². The van der Waals surface area contributed by atoms with Gasteiger partial charge >= 0.3 is 0 Å². The van der Waals surface area contributed by atoms with Crippen LogP contribution in [0.25, 0.3) is 0 Å². The van der Waals surface area contributed by atoms with Gasteiger partial charge in [-0.15, -0.1) is 0 Å². The van der Waals surface area contributed by atoms with E-state index >= 15 is 0 Å². The molecule has 1 aromatic rings. The largest absolute Gasteiger partial charge is 0.382 e. The number of carbonyl (C=O) groups excluding carboxylic acids is 1. The second-order valence-corrected chi connectivity index (χ2v) is 4.05. The number of hydroxylamine groups is 1. The highest BCUT2D eigenvalue weighted by molar-refractivity contribution is 5.96. The molecule has 1 rings (SSSR count). The normalized spacial score (nSPS) is 10.4. The molecule has 17 heavy (non-hydrogen) atoms. The molecule has 4 nitrogen and oxygen atoms in total. The Hall–Kier alpha value is -1.39. The van der Waals surface area contributed by atoms with E-state index in [9.17, 15) is 4.79 Å². The Bertz CT molecular complexity index is 379. The van der Waals surface area contributed by atoms with Crippen LogP contribution in [-0.4, -0.2) is 26.2 Å². The summed E-state index contributed by atoms with van der Waals surface area (Å²) >= 11 is 0. The van der Waals surface area contributed by atoms with Gasteiger partial charge in [-0.25, -0.2) is 5.48 Å². The Balaban J connectivity index is 2.69. The van der Waals surface area contributed by atoms with Crippen LogP contribution in [0.3, 0.4) is 0 Å². The van der Waals surface area contributed by atoms with Gasteiger partial charge in [-0.2, -0.15) is 0 Å². The summed E-state index contributed by atoms with van der Waals surface area (Å²) in [7, 11) is 1.58. The van der Waals surface area contributed by atoms with Crippen LogP contribution in [0, 0.1) is 20.8 Å². The molecule has 0 aromatic heterocycles. The molecule has 0 aliphatic carbocycles. The van der Waals surface area contributed by atoms with Crippen molar-refractivity contribution < 1.29 is 14.4 Å². The fourth-order valence-corrected chi connectivity index (χ4v) is 1.83. The summed E-state index contributed by atoms with van der Waals surface area (Å²) in [5.74, 6) is -0.212. The Morgan fingerprint density at radius 2 is 1.76 bits per heavy atom. The van der Waals surface area contributed by atoms with Crippen LogP contribution in [0.4, 0.5) is 0 Å².